The van der Waals surface area contributed by atoms with Crippen LogP contribution in [0, 0.1) is 0 Å². The fourth-order valence-corrected chi connectivity index (χ4v) is 0.428. The Kier molecular flexibility index (Phi) is 8.79. The predicted octanol–water partition coefficient (Wildman–Crippen LogP) is 1.23. The molecule has 0 bridgehead atoms. The molecule has 0 atom stereocenters. The van der Waals surface area contributed by atoms with Gasteiger partial charge in [0.25, 0.3) is 0 Å². The molecule has 9 heavy (non-hydrogen) atoms. The van der Waals surface area contributed by atoms with Crippen molar-refractivity contribution in [3.05, 3.63) is 30.3 Å². The molecule has 0 aromatic heterocycles. The molecule has 1 rings (SSSR count). The van der Waals surface area contributed by atoms with Gasteiger partial charge in [0.2, 0.25) is 0 Å². The third-order valence-electron chi connectivity index (χ3n) is 0.756. The van der Waals surface area contributed by atoms with Crippen molar-refractivity contribution in [3.8, 4) is 5.75 Å². The SMILES string of the molecule is Oc1ccccc1.[H-].[H-].[Mg+2].[Zn]. The summed E-state index contributed by atoms with van der Waals surface area (Å²) in [6, 6.07) is 8.71. The summed E-state index contributed by atoms with van der Waals surface area (Å²) in [7, 11) is 0. The Labute approximate surface area is 86.3 Å². The summed E-state index contributed by atoms with van der Waals surface area (Å²) in [5, 5.41) is 8.63. The summed E-state index contributed by atoms with van der Waals surface area (Å²) in [6.07, 6.45) is 0. The first-order chi connectivity index (χ1) is 3.39. The molecule has 0 fully saturated rings. The zero-order valence-electron chi connectivity index (χ0n) is 7.25. The molecule has 0 unspecified atom stereocenters. The Morgan fingerprint density at radius 2 is 1.56 bits per heavy atom. The number of hydrogen-bond acceptors (Lipinski definition) is 1. The topological polar surface area (TPSA) is 20.2 Å². The molecule has 1 nitrogen and oxygen atoms in total. The number of aromatic hydroxyl groups is 1. The van der Waals surface area contributed by atoms with Crippen molar-refractivity contribution < 1.29 is 27.4 Å². The van der Waals surface area contributed by atoms with Crippen molar-refractivity contribution in [2.45, 2.75) is 0 Å². The minimum atomic E-state index is 0. The molecule has 0 amide bonds. The molecule has 0 spiro atoms. The van der Waals surface area contributed by atoms with Gasteiger partial charge in [-0.2, -0.15) is 0 Å². The van der Waals surface area contributed by atoms with Gasteiger partial charge in [-0.05, 0) is 12.1 Å². The molecule has 0 saturated carbocycles. The largest absolute Gasteiger partial charge is 2.00 e. The molecule has 0 aliphatic carbocycles. The quantitative estimate of drug-likeness (QED) is 0.604. The monoisotopic (exact) mass is 184 g/mol. The Balaban J connectivity index is -0.0000000612. The Morgan fingerprint density at radius 3 is 1.78 bits per heavy atom. The van der Waals surface area contributed by atoms with Crippen molar-refractivity contribution in [1.29, 1.82) is 0 Å². The van der Waals surface area contributed by atoms with Crippen molar-refractivity contribution in [2.75, 3.05) is 0 Å². The first-order valence-electron chi connectivity index (χ1n) is 2.13. The van der Waals surface area contributed by atoms with E-state index in [0.717, 1.165) is 0 Å². The maximum Gasteiger partial charge on any atom is 2.00 e. The number of para-hydroxylation sites is 1. The van der Waals surface area contributed by atoms with Crippen LogP contribution < -0.4 is 0 Å². The molecule has 42 valence electrons. The number of rotatable bonds is 0. The normalized spacial score (nSPS) is 6.67. The molecule has 0 heterocycles. The van der Waals surface area contributed by atoms with Crippen LogP contribution in [0.3, 0.4) is 0 Å². The van der Waals surface area contributed by atoms with E-state index in [1.165, 1.54) is 0 Å². The van der Waals surface area contributed by atoms with E-state index >= 15 is 0 Å². The van der Waals surface area contributed by atoms with Gasteiger partial charge in [-0.1, -0.05) is 18.2 Å². The first kappa shape index (κ1) is 12.1. The van der Waals surface area contributed by atoms with Crippen LogP contribution in [-0.4, -0.2) is 28.2 Å². The molecule has 0 saturated heterocycles. The van der Waals surface area contributed by atoms with E-state index in [4.69, 9.17) is 5.11 Å². The Morgan fingerprint density at radius 1 is 1.11 bits per heavy atom. The summed E-state index contributed by atoms with van der Waals surface area (Å²) in [5.74, 6) is 0.322. The molecular formula is C6H8MgOZn. The smallest absolute Gasteiger partial charge is 1.00 e. The van der Waals surface area contributed by atoms with E-state index in [-0.39, 0.29) is 45.4 Å². The van der Waals surface area contributed by atoms with E-state index in [1.807, 2.05) is 6.07 Å². The second-order valence-corrected chi connectivity index (χ2v) is 1.34. The molecule has 0 radical (unpaired) electrons. The number of hydrogen-bond donors (Lipinski definition) is 1. The van der Waals surface area contributed by atoms with Gasteiger partial charge >= 0.3 is 23.1 Å². The van der Waals surface area contributed by atoms with Gasteiger partial charge in [0.1, 0.15) is 5.75 Å². The van der Waals surface area contributed by atoms with Gasteiger partial charge in [0, 0.05) is 19.5 Å². The van der Waals surface area contributed by atoms with Crippen molar-refractivity contribution in [3.63, 3.8) is 0 Å². The summed E-state index contributed by atoms with van der Waals surface area (Å²) in [4.78, 5) is 0. The summed E-state index contributed by atoms with van der Waals surface area (Å²) in [6.45, 7) is 0. The van der Waals surface area contributed by atoms with Crippen molar-refractivity contribution in [1.82, 2.24) is 0 Å². The van der Waals surface area contributed by atoms with Crippen molar-refractivity contribution >= 4 is 23.1 Å². The maximum atomic E-state index is 8.63. The zero-order chi connectivity index (χ0) is 5.11. The number of phenols is 1. The van der Waals surface area contributed by atoms with E-state index < -0.39 is 0 Å². The van der Waals surface area contributed by atoms with Crippen LogP contribution in [0.25, 0.3) is 0 Å². The average molecular weight is 186 g/mol. The minimum Gasteiger partial charge on any atom is -1.00 e. The van der Waals surface area contributed by atoms with Gasteiger partial charge in [-0.25, -0.2) is 0 Å². The van der Waals surface area contributed by atoms with E-state index in [0.29, 0.717) is 5.75 Å². The maximum absolute atomic E-state index is 8.63. The Bertz CT molecular complexity index is 151. The summed E-state index contributed by atoms with van der Waals surface area (Å²) >= 11 is 0. The first-order valence-corrected chi connectivity index (χ1v) is 2.13. The van der Waals surface area contributed by atoms with Crippen LogP contribution in [0.2, 0.25) is 0 Å². The number of benzene rings is 1. The molecule has 0 aliphatic heterocycles. The molecule has 0 aliphatic rings. The third kappa shape index (κ3) is 4.89. The van der Waals surface area contributed by atoms with Crippen LogP contribution in [0.15, 0.2) is 30.3 Å². The van der Waals surface area contributed by atoms with E-state index in [2.05, 4.69) is 0 Å². The van der Waals surface area contributed by atoms with E-state index in [9.17, 15) is 0 Å². The fraction of sp³-hybridized carbons (Fsp3) is 0. The second kappa shape index (κ2) is 6.53. The van der Waals surface area contributed by atoms with Crippen LogP contribution in [-0.2, 0) is 19.5 Å². The van der Waals surface area contributed by atoms with Gasteiger partial charge in [-0.15, -0.1) is 0 Å². The van der Waals surface area contributed by atoms with Gasteiger partial charge in [0.05, 0.1) is 0 Å². The second-order valence-electron chi connectivity index (χ2n) is 1.34. The summed E-state index contributed by atoms with van der Waals surface area (Å²) in [5.41, 5.74) is 0. The molecule has 1 aromatic carbocycles. The van der Waals surface area contributed by atoms with Crippen LogP contribution in [0.1, 0.15) is 2.85 Å². The summed E-state index contributed by atoms with van der Waals surface area (Å²) < 4.78 is 0. The zero-order valence-corrected chi connectivity index (χ0v) is 9.63. The molecule has 1 N–H and O–H groups in total. The van der Waals surface area contributed by atoms with Gasteiger partial charge in [0.15, 0.2) is 0 Å². The van der Waals surface area contributed by atoms with E-state index in [1.54, 1.807) is 24.3 Å². The molecule has 1 aromatic rings. The van der Waals surface area contributed by atoms with Crippen molar-refractivity contribution in [2.24, 2.45) is 0 Å². The van der Waals surface area contributed by atoms with Crippen LogP contribution >= 0.6 is 0 Å². The predicted molar refractivity (Wildman–Crippen MR) is 36.1 cm³/mol. The number of phenolic OH excluding ortho intramolecular Hbond substituents is 1. The average Bonchev–Trinajstić information content (AvgIpc) is 1.69. The van der Waals surface area contributed by atoms with Gasteiger partial charge < -0.3 is 7.96 Å². The van der Waals surface area contributed by atoms with Crippen LogP contribution in [0.4, 0.5) is 0 Å². The standard InChI is InChI=1S/C6H6O.Mg.Zn.2H/c7-6-4-2-1-3-5-6;;;;/h1-5,7H;;;;/q;+2;;2*-1. The van der Waals surface area contributed by atoms with Crippen LogP contribution in [0.5, 0.6) is 5.75 Å². The third-order valence-corrected chi connectivity index (χ3v) is 0.756. The Hall–Kier alpha value is 0.410. The molecule has 3 heteroatoms. The van der Waals surface area contributed by atoms with Gasteiger partial charge in [-0.3, -0.25) is 0 Å². The molecular weight excluding hydrogens is 178 g/mol. The fourth-order valence-electron chi connectivity index (χ4n) is 0.428. The minimum absolute atomic E-state index is 0.